The molecule has 202 valence electrons. The maximum Gasteiger partial charge on any atom is 0.319 e. The van der Waals surface area contributed by atoms with E-state index in [1.54, 1.807) is 6.92 Å². The largest absolute Gasteiger partial charge is 0.465 e. The fourth-order valence-electron chi connectivity index (χ4n) is 7.03. The minimum atomic E-state index is -0.269. The van der Waals surface area contributed by atoms with E-state index >= 15 is 0 Å². The lowest BCUT2D eigenvalue weighted by atomic mass is 9.89. The number of fused-ring (bicyclic) bond motifs is 3. The van der Waals surface area contributed by atoms with Crippen LogP contribution >= 0.6 is 0 Å². The van der Waals surface area contributed by atoms with E-state index in [-0.39, 0.29) is 24.1 Å². The molecule has 2 N–H and O–H groups in total. The monoisotopic (exact) mass is 509 g/mol. The molecule has 3 fully saturated rings. The third-order valence-electron chi connectivity index (χ3n) is 8.59. The smallest absolute Gasteiger partial charge is 0.319 e. The maximum atomic E-state index is 13.8. The van der Waals surface area contributed by atoms with Crippen LogP contribution in [0.5, 0.6) is 0 Å². The molecule has 37 heavy (non-hydrogen) atoms. The van der Waals surface area contributed by atoms with Gasteiger partial charge in [0.1, 0.15) is 0 Å². The van der Waals surface area contributed by atoms with Gasteiger partial charge >= 0.3 is 5.97 Å². The second-order valence-electron chi connectivity index (χ2n) is 11.0. The number of hydrogen-bond acceptors (Lipinski definition) is 7. The minimum Gasteiger partial charge on any atom is -0.465 e. The number of piperidine rings is 1. The van der Waals surface area contributed by atoms with Crippen molar-refractivity contribution in [2.24, 2.45) is 0 Å². The van der Waals surface area contributed by atoms with E-state index in [1.165, 1.54) is 57.8 Å². The van der Waals surface area contributed by atoms with Crippen molar-refractivity contribution in [3.05, 3.63) is 34.6 Å². The number of carbonyl (C=O) groups excluding carboxylic acids is 1. The second-order valence-corrected chi connectivity index (χ2v) is 11.0. The molecule has 0 spiro atoms. The molecule has 2 aliphatic heterocycles. The van der Waals surface area contributed by atoms with Gasteiger partial charge in [-0.15, -0.1) is 0 Å². The van der Waals surface area contributed by atoms with E-state index in [2.05, 4.69) is 20.5 Å². The van der Waals surface area contributed by atoms with Crippen molar-refractivity contribution in [1.29, 1.82) is 0 Å². The van der Waals surface area contributed by atoms with Crippen molar-refractivity contribution in [2.75, 3.05) is 31.6 Å². The first kappa shape index (κ1) is 26.2. The van der Waals surface area contributed by atoms with Crippen molar-refractivity contribution in [1.82, 2.24) is 19.8 Å². The van der Waals surface area contributed by atoms with Crippen LogP contribution in [0.2, 0.25) is 0 Å². The highest BCUT2D eigenvalue weighted by Crippen LogP contribution is 2.44. The summed E-state index contributed by atoms with van der Waals surface area (Å²) in [5, 5.41) is 6.29. The summed E-state index contributed by atoms with van der Waals surface area (Å²) in [6, 6.07) is 10.1. The van der Waals surface area contributed by atoms with Crippen LogP contribution in [0.15, 0.2) is 29.1 Å². The molecule has 2 saturated heterocycles. The number of esters is 1. The van der Waals surface area contributed by atoms with Crippen LogP contribution in [-0.2, 0) is 9.53 Å². The summed E-state index contributed by atoms with van der Waals surface area (Å²) in [7, 11) is 0. The summed E-state index contributed by atoms with van der Waals surface area (Å²) in [5.74, 6) is 0.125. The van der Waals surface area contributed by atoms with Gasteiger partial charge in [-0.2, -0.15) is 0 Å². The summed E-state index contributed by atoms with van der Waals surface area (Å²) in [6.07, 6.45) is 14.2. The molecule has 5 rings (SSSR count). The van der Waals surface area contributed by atoms with Gasteiger partial charge in [0.15, 0.2) is 5.82 Å². The Morgan fingerprint density at radius 1 is 0.946 bits per heavy atom. The normalized spacial score (nSPS) is 25.1. The van der Waals surface area contributed by atoms with Crippen LogP contribution in [0, 0.1) is 0 Å². The van der Waals surface area contributed by atoms with Crippen molar-refractivity contribution >= 4 is 22.8 Å². The number of carbonyl (C=O) groups is 1. The Kier molecular flexibility index (Phi) is 8.77. The Balaban J connectivity index is 1.31. The fourth-order valence-corrected chi connectivity index (χ4v) is 7.03. The lowest BCUT2D eigenvalue weighted by Crippen LogP contribution is -2.50. The van der Waals surface area contributed by atoms with Gasteiger partial charge in [-0.1, -0.05) is 44.2 Å². The van der Waals surface area contributed by atoms with Gasteiger partial charge in [-0.25, -0.2) is 4.98 Å². The number of nitrogens with one attached hydrogen (secondary N) is 2. The standard InChI is InChI=1S/C29H43N5O3/c1-2-37-27(35)20-30-16-17-31-28-29(36)34(26-13-9-8-12-25(26)32-28)24-18-22-14-15-23(19-24)33(22)21-10-6-4-3-5-7-11-21/h8-9,12-13,21-24,30H,2-7,10-11,14-20H2,1H3,(H,31,32)/t22-,23+,24+. The zero-order chi connectivity index (χ0) is 25.6. The van der Waals surface area contributed by atoms with Gasteiger partial charge in [0.2, 0.25) is 0 Å². The molecular formula is C29H43N5O3. The quantitative estimate of drug-likeness (QED) is 0.386. The first-order valence-electron chi connectivity index (χ1n) is 14.5. The van der Waals surface area contributed by atoms with Crippen LogP contribution in [0.4, 0.5) is 5.82 Å². The van der Waals surface area contributed by atoms with E-state index < -0.39 is 0 Å². The van der Waals surface area contributed by atoms with Crippen LogP contribution in [0.3, 0.4) is 0 Å². The first-order chi connectivity index (χ1) is 18.2. The summed E-state index contributed by atoms with van der Waals surface area (Å²) >= 11 is 0. The van der Waals surface area contributed by atoms with Crippen molar-refractivity contribution in [3.63, 3.8) is 0 Å². The van der Waals surface area contributed by atoms with Gasteiger partial charge in [0.05, 0.1) is 24.2 Å². The third-order valence-corrected chi connectivity index (χ3v) is 8.59. The Hall–Kier alpha value is -2.45. The molecule has 1 aromatic heterocycles. The molecule has 8 nitrogen and oxygen atoms in total. The highest BCUT2D eigenvalue weighted by Gasteiger charge is 2.44. The van der Waals surface area contributed by atoms with E-state index in [1.807, 2.05) is 28.8 Å². The first-order valence-corrected chi connectivity index (χ1v) is 14.5. The molecule has 1 aliphatic carbocycles. The summed E-state index contributed by atoms with van der Waals surface area (Å²) in [5.41, 5.74) is 1.74. The second kappa shape index (κ2) is 12.4. The summed E-state index contributed by atoms with van der Waals surface area (Å²) in [4.78, 5) is 32.9. The predicted molar refractivity (Wildman–Crippen MR) is 147 cm³/mol. The number of nitrogens with zero attached hydrogens (tertiary/aromatic N) is 3. The van der Waals surface area contributed by atoms with Crippen LogP contribution in [0.25, 0.3) is 11.0 Å². The Bertz CT molecular complexity index is 1100. The minimum absolute atomic E-state index is 0.0344. The molecule has 1 aromatic carbocycles. The number of benzene rings is 1. The zero-order valence-corrected chi connectivity index (χ0v) is 22.3. The summed E-state index contributed by atoms with van der Waals surface area (Å²) in [6.45, 7) is 3.37. The molecule has 2 aromatic rings. The predicted octanol–water partition coefficient (Wildman–Crippen LogP) is 4.24. The topological polar surface area (TPSA) is 88.5 Å². The Morgan fingerprint density at radius 2 is 1.65 bits per heavy atom. The number of anilines is 1. The average molecular weight is 510 g/mol. The molecule has 3 atom stereocenters. The number of hydrogen-bond donors (Lipinski definition) is 2. The van der Waals surface area contributed by atoms with Gasteiger partial charge in [0.25, 0.3) is 5.56 Å². The van der Waals surface area contributed by atoms with Gasteiger partial charge in [0, 0.05) is 37.3 Å². The number of rotatable bonds is 9. The third kappa shape index (κ3) is 6.01. The highest BCUT2D eigenvalue weighted by molar-refractivity contribution is 5.76. The number of aromatic nitrogens is 2. The fraction of sp³-hybridized carbons (Fsp3) is 0.690. The van der Waals surface area contributed by atoms with Gasteiger partial charge in [-0.05, 0) is 57.6 Å². The van der Waals surface area contributed by atoms with Crippen LogP contribution < -0.4 is 16.2 Å². The van der Waals surface area contributed by atoms with Crippen LogP contribution in [-0.4, -0.2) is 64.8 Å². The van der Waals surface area contributed by atoms with Crippen molar-refractivity contribution in [3.8, 4) is 0 Å². The lowest BCUT2D eigenvalue weighted by molar-refractivity contribution is -0.141. The maximum absolute atomic E-state index is 13.8. The highest BCUT2D eigenvalue weighted by atomic mass is 16.5. The molecule has 0 unspecified atom stereocenters. The van der Waals surface area contributed by atoms with Crippen molar-refractivity contribution < 1.29 is 9.53 Å². The molecule has 2 bridgehead atoms. The van der Waals surface area contributed by atoms with Crippen molar-refractivity contribution in [2.45, 2.75) is 102 Å². The molecule has 3 aliphatic rings. The van der Waals surface area contributed by atoms with Crippen LogP contribution in [0.1, 0.15) is 83.6 Å². The van der Waals surface area contributed by atoms with E-state index in [0.29, 0.717) is 37.6 Å². The Morgan fingerprint density at radius 3 is 2.38 bits per heavy atom. The SMILES string of the molecule is CCOC(=O)CNCCNc1nc2ccccc2n([C@H]2C[C@H]3CC[C@@H](C2)N3C2CCCCCCC2)c1=O. The molecule has 0 radical (unpaired) electrons. The molecule has 1 saturated carbocycles. The molecule has 3 heterocycles. The number of para-hydroxylation sites is 2. The Labute approximate surface area is 220 Å². The van der Waals surface area contributed by atoms with E-state index in [4.69, 9.17) is 4.74 Å². The zero-order valence-electron chi connectivity index (χ0n) is 22.3. The van der Waals surface area contributed by atoms with Gasteiger partial charge in [-0.3, -0.25) is 14.5 Å². The average Bonchev–Trinajstić information content (AvgIpc) is 3.13. The van der Waals surface area contributed by atoms with E-state index in [0.717, 1.165) is 29.9 Å². The van der Waals surface area contributed by atoms with Gasteiger partial charge < -0.3 is 19.9 Å². The molecule has 0 amide bonds. The molecular weight excluding hydrogens is 466 g/mol. The summed E-state index contributed by atoms with van der Waals surface area (Å²) < 4.78 is 6.99. The molecule has 8 heteroatoms. The lowest BCUT2D eigenvalue weighted by Gasteiger charge is -2.45. The van der Waals surface area contributed by atoms with E-state index in [9.17, 15) is 9.59 Å². The number of ether oxygens (including phenoxy) is 1.